The zero-order chi connectivity index (χ0) is 18.7. The van der Waals surface area contributed by atoms with E-state index in [0.717, 1.165) is 41.3 Å². The zero-order valence-corrected chi connectivity index (χ0v) is 17.6. The van der Waals surface area contributed by atoms with Gasteiger partial charge in [-0.05, 0) is 90.4 Å². The molecule has 5 nitrogen and oxygen atoms in total. The van der Waals surface area contributed by atoms with Crippen molar-refractivity contribution < 1.29 is 13.2 Å². The van der Waals surface area contributed by atoms with Crippen LogP contribution in [0.3, 0.4) is 0 Å². The van der Waals surface area contributed by atoms with Gasteiger partial charge in [0, 0.05) is 29.7 Å². The summed E-state index contributed by atoms with van der Waals surface area (Å²) < 4.78 is 26.6. The van der Waals surface area contributed by atoms with Gasteiger partial charge in [0.1, 0.15) is 0 Å². The lowest BCUT2D eigenvalue weighted by molar-refractivity contribution is -0.0167. The fourth-order valence-corrected chi connectivity index (χ4v) is 7.46. The highest BCUT2D eigenvalue weighted by Gasteiger charge is 2.51. The van der Waals surface area contributed by atoms with Crippen LogP contribution in [0.15, 0.2) is 27.6 Å². The van der Waals surface area contributed by atoms with Gasteiger partial charge in [-0.25, -0.2) is 12.7 Å². The van der Waals surface area contributed by atoms with Gasteiger partial charge in [-0.3, -0.25) is 4.79 Å². The average molecular weight is 441 g/mol. The lowest BCUT2D eigenvalue weighted by Crippen LogP contribution is -2.59. The number of hydrogen-bond donors (Lipinski definition) is 1. The maximum absolute atomic E-state index is 13.0. The van der Waals surface area contributed by atoms with Crippen molar-refractivity contribution in [3.8, 4) is 0 Å². The second kappa shape index (κ2) is 6.31. The van der Waals surface area contributed by atoms with Gasteiger partial charge in [-0.15, -0.1) is 0 Å². The first-order chi connectivity index (χ1) is 12.2. The molecule has 4 aliphatic carbocycles. The van der Waals surface area contributed by atoms with Gasteiger partial charge < -0.3 is 5.32 Å². The van der Waals surface area contributed by atoms with Crippen LogP contribution in [0.2, 0.25) is 0 Å². The van der Waals surface area contributed by atoms with Crippen molar-refractivity contribution >= 4 is 31.9 Å². The number of carbonyl (C=O) groups excluding carboxylic acids is 1. The molecule has 1 amide bonds. The Morgan fingerprint density at radius 1 is 1.12 bits per heavy atom. The van der Waals surface area contributed by atoms with Crippen molar-refractivity contribution in [2.45, 2.75) is 49.0 Å². The normalized spacial score (nSPS) is 32.8. The Labute approximate surface area is 163 Å². The number of halogens is 1. The van der Waals surface area contributed by atoms with E-state index >= 15 is 0 Å². The smallest absolute Gasteiger partial charge is 0.251 e. The molecule has 1 aromatic carbocycles. The Bertz CT molecular complexity index is 815. The van der Waals surface area contributed by atoms with Crippen molar-refractivity contribution in [3.05, 3.63) is 28.2 Å². The number of hydrogen-bond acceptors (Lipinski definition) is 3. The zero-order valence-electron chi connectivity index (χ0n) is 15.2. The molecule has 0 atom stereocenters. The highest BCUT2D eigenvalue weighted by Crippen LogP contribution is 2.55. The summed E-state index contributed by atoms with van der Waals surface area (Å²) in [7, 11) is -0.630. The van der Waals surface area contributed by atoms with Crippen LogP contribution >= 0.6 is 15.9 Å². The minimum Gasteiger partial charge on any atom is -0.347 e. The first-order valence-electron chi connectivity index (χ1n) is 9.23. The summed E-state index contributed by atoms with van der Waals surface area (Å²) in [6.07, 6.45) is 7.17. The van der Waals surface area contributed by atoms with E-state index < -0.39 is 10.0 Å². The van der Waals surface area contributed by atoms with Gasteiger partial charge in [-0.1, -0.05) is 0 Å². The van der Waals surface area contributed by atoms with Crippen LogP contribution < -0.4 is 5.32 Å². The molecule has 142 valence electrons. The maximum Gasteiger partial charge on any atom is 0.251 e. The summed E-state index contributed by atoms with van der Waals surface area (Å²) in [5.41, 5.74) is 0.323. The Morgan fingerprint density at radius 2 is 1.65 bits per heavy atom. The van der Waals surface area contributed by atoms with E-state index in [2.05, 4.69) is 21.2 Å². The van der Waals surface area contributed by atoms with E-state index in [1.54, 1.807) is 12.1 Å². The third-order valence-corrected chi connectivity index (χ3v) is 9.18. The van der Waals surface area contributed by atoms with Crippen molar-refractivity contribution in [2.24, 2.45) is 17.8 Å². The molecular weight excluding hydrogens is 416 g/mol. The van der Waals surface area contributed by atoms with E-state index in [4.69, 9.17) is 0 Å². The van der Waals surface area contributed by atoms with Crippen LogP contribution in [-0.4, -0.2) is 38.3 Å². The maximum atomic E-state index is 13.0. The number of carbonyl (C=O) groups is 1. The Balaban J connectivity index is 1.60. The number of amides is 1. The van der Waals surface area contributed by atoms with E-state index in [1.807, 2.05) is 0 Å². The van der Waals surface area contributed by atoms with Gasteiger partial charge in [0.2, 0.25) is 10.0 Å². The lowest BCUT2D eigenvalue weighted by Gasteiger charge is -2.56. The molecule has 1 aromatic rings. The molecule has 7 heteroatoms. The molecule has 4 bridgehead atoms. The molecule has 26 heavy (non-hydrogen) atoms. The van der Waals surface area contributed by atoms with Gasteiger partial charge in [0.25, 0.3) is 5.91 Å². The third-order valence-electron chi connectivity index (χ3n) is 6.37. The number of nitrogens with one attached hydrogen (secondary N) is 1. The van der Waals surface area contributed by atoms with Crippen molar-refractivity contribution in [2.75, 3.05) is 14.1 Å². The van der Waals surface area contributed by atoms with Crippen LogP contribution in [0, 0.1) is 17.8 Å². The summed E-state index contributed by atoms with van der Waals surface area (Å²) in [4.78, 5) is 13.1. The van der Waals surface area contributed by atoms with Crippen molar-refractivity contribution in [3.63, 3.8) is 0 Å². The summed E-state index contributed by atoms with van der Waals surface area (Å²) >= 11 is 3.30. The summed E-state index contributed by atoms with van der Waals surface area (Å²) in [6, 6.07) is 4.81. The molecule has 0 aliphatic heterocycles. The molecule has 4 fully saturated rings. The van der Waals surface area contributed by atoms with Crippen LogP contribution in [-0.2, 0) is 10.0 Å². The van der Waals surface area contributed by atoms with Gasteiger partial charge in [0.05, 0.1) is 4.90 Å². The topological polar surface area (TPSA) is 66.5 Å². The molecule has 0 unspecified atom stereocenters. The van der Waals surface area contributed by atoms with Crippen LogP contribution in [0.1, 0.15) is 48.9 Å². The fraction of sp³-hybridized carbons (Fsp3) is 0.632. The van der Waals surface area contributed by atoms with Crippen LogP contribution in [0.25, 0.3) is 0 Å². The SMILES string of the molecule is CN(C)S(=O)(=O)c1cc(C(=O)NC23CC4CC(CC(C4)C2)C3)ccc1Br. The van der Waals surface area contributed by atoms with E-state index in [9.17, 15) is 13.2 Å². The number of nitrogens with zero attached hydrogens (tertiary/aromatic N) is 1. The summed E-state index contributed by atoms with van der Waals surface area (Å²) in [5, 5.41) is 3.31. The third kappa shape index (κ3) is 3.12. The quantitative estimate of drug-likeness (QED) is 0.779. The van der Waals surface area contributed by atoms with Gasteiger partial charge >= 0.3 is 0 Å². The van der Waals surface area contributed by atoms with Crippen LogP contribution in [0.5, 0.6) is 0 Å². The number of benzene rings is 1. The highest BCUT2D eigenvalue weighted by atomic mass is 79.9. The monoisotopic (exact) mass is 440 g/mol. The van der Waals surface area contributed by atoms with E-state index in [1.165, 1.54) is 39.4 Å². The molecule has 0 saturated heterocycles. The van der Waals surface area contributed by atoms with Gasteiger partial charge in [0.15, 0.2) is 0 Å². The molecule has 0 aromatic heterocycles. The Morgan fingerprint density at radius 3 is 2.15 bits per heavy atom. The molecule has 4 saturated carbocycles. The van der Waals surface area contributed by atoms with Crippen LogP contribution in [0.4, 0.5) is 0 Å². The molecule has 0 radical (unpaired) electrons. The minimum absolute atomic E-state index is 0.0838. The summed E-state index contributed by atoms with van der Waals surface area (Å²) in [6.45, 7) is 0. The molecular formula is C19H25BrN2O3S. The predicted molar refractivity (Wildman–Crippen MR) is 103 cm³/mol. The first-order valence-corrected chi connectivity index (χ1v) is 11.5. The van der Waals surface area contributed by atoms with Gasteiger partial charge in [-0.2, -0.15) is 0 Å². The second-order valence-electron chi connectivity index (χ2n) is 8.58. The molecule has 0 heterocycles. The Hall–Kier alpha value is -0.920. The molecule has 1 N–H and O–H groups in total. The number of sulfonamides is 1. The number of rotatable bonds is 4. The molecule has 0 spiro atoms. The lowest BCUT2D eigenvalue weighted by atomic mass is 9.53. The second-order valence-corrected chi connectivity index (χ2v) is 11.6. The predicted octanol–water partition coefficient (Wildman–Crippen LogP) is 3.40. The first kappa shape index (κ1) is 18.4. The average Bonchev–Trinajstić information content (AvgIpc) is 2.53. The largest absolute Gasteiger partial charge is 0.347 e. The fourth-order valence-electron chi connectivity index (χ4n) is 5.62. The van der Waals surface area contributed by atoms with Crippen molar-refractivity contribution in [1.29, 1.82) is 0 Å². The molecule has 4 aliphatic rings. The standard InChI is InChI=1S/C19H25BrN2O3S/c1-22(2)26(24,25)17-8-15(3-4-16(17)20)18(23)21-19-9-12-5-13(10-19)7-14(6-12)11-19/h3-4,8,12-14H,5-7,9-11H2,1-2H3,(H,21,23). The summed E-state index contributed by atoms with van der Waals surface area (Å²) in [5.74, 6) is 2.08. The van der Waals surface area contributed by atoms with E-state index in [-0.39, 0.29) is 16.3 Å². The molecule has 5 rings (SSSR count). The van der Waals surface area contributed by atoms with E-state index in [0.29, 0.717) is 10.0 Å². The highest BCUT2D eigenvalue weighted by molar-refractivity contribution is 9.10. The van der Waals surface area contributed by atoms with Crippen molar-refractivity contribution in [1.82, 2.24) is 9.62 Å². The Kier molecular flexibility index (Phi) is 4.48. The minimum atomic E-state index is -3.61.